The minimum atomic E-state index is -2.49. The number of fused-ring (bicyclic) bond motifs is 1. The molecule has 3 aromatic rings. The molecule has 0 bridgehead atoms. The van der Waals surface area contributed by atoms with Crippen LogP contribution in [0.2, 0.25) is 5.02 Å². The van der Waals surface area contributed by atoms with Gasteiger partial charge in [-0.25, -0.2) is 4.98 Å². The van der Waals surface area contributed by atoms with Crippen molar-refractivity contribution in [2.45, 2.75) is 39.5 Å². The lowest BCUT2D eigenvalue weighted by molar-refractivity contribution is 0.510. The van der Waals surface area contributed by atoms with E-state index in [0.717, 1.165) is 41.0 Å². The summed E-state index contributed by atoms with van der Waals surface area (Å²) in [6.07, 6.45) is 6.29. The summed E-state index contributed by atoms with van der Waals surface area (Å²) in [6, 6.07) is 12.4. The molecule has 0 aliphatic heterocycles. The highest BCUT2D eigenvalue weighted by atomic mass is 35.5. The zero-order valence-electron chi connectivity index (χ0n) is 19.1. The monoisotopic (exact) mass is 468 g/mol. The van der Waals surface area contributed by atoms with Gasteiger partial charge in [0.05, 0.1) is 11.9 Å². The third-order valence-electron chi connectivity index (χ3n) is 6.01. The van der Waals surface area contributed by atoms with E-state index in [1.807, 2.05) is 25.1 Å². The molecule has 7 heteroatoms. The Hall–Kier alpha value is -2.36. The summed E-state index contributed by atoms with van der Waals surface area (Å²) in [4.78, 5) is 8.95. The predicted octanol–water partition coefficient (Wildman–Crippen LogP) is 6.69. The van der Waals surface area contributed by atoms with Crippen LogP contribution >= 0.6 is 18.7 Å². The van der Waals surface area contributed by atoms with Gasteiger partial charge >= 0.3 is 0 Å². The van der Waals surface area contributed by atoms with Crippen LogP contribution < -0.4 is 15.9 Å². The number of hydrogen-bond donors (Lipinski definition) is 2. The fourth-order valence-corrected chi connectivity index (χ4v) is 5.46. The Balaban J connectivity index is 1.59. The molecule has 168 valence electrons. The quantitative estimate of drug-likeness (QED) is 0.322. The highest BCUT2D eigenvalue weighted by molar-refractivity contribution is 7.70. The maximum absolute atomic E-state index is 12.8. The fraction of sp³-hybridized carbons (Fsp3) is 0.360. The molecule has 32 heavy (non-hydrogen) atoms. The van der Waals surface area contributed by atoms with Gasteiger partial charge in [0.15, 0.2) is 5.82 Å². The normalized spacial score (nSPS) is 16.2. The highest BCUT2D eigenvalue weighted by Gasteiger charge is 2.18. The summed E-state index contributed by atoms with van der Waals surface area (Å²) in [6.45, 7) is 7.85. The van der Waals surface area contributed by atoms with Gasteiger partial charge in [0, 0.05) is 11.0 Å². The number of halogens is 1. The molecule has 1 aliphatic rings. The lowest BCUT2D eigenvalue weighted by Crippen LogP contribution is -2.11. The summed E-state index contributed by atoms with van der Waals surface area (Å²) in [5, 5.41) is 7.77. The third-order valence-corrected chi connectivity index (χ3v) is 7.81. The minimum absolute atomic E-state index is 0.403. The van der Waals surface area contributed by atoms with Gasteiger partial charge in [0.1, 0.15) is 12.2 Å². The summed E-state index contributed by atoms with van der Waals surface area (Å²) in [5.74, 6) is 1.70. The van der Waals surface area contributed by atoms with E-state index in [1.54, 1.807) is 19.5 Å². The zero-order valence-corrected chi connectivity index (χ0v) is 20.7. The molecule has 2 N–H and O–H groups in total. The van der Waals surface area contributed by atoms with Crippen LogP contribution in [0.1, 0.15) is 36.5 Å². The Bertz CT molecular complexity index is 1190. The van der Waals surface area contributed by atoms with Crippen molar-refractivity contribution in [3.8, 4) is 0 Å². The van der Waals surface area contributed by atoms with Crippen molar-refractivity contribution in [1.82, 2.24) is 9.97 Å². The van der Waals surface area contributed by atoms with E-state index in [4.69, 9.17) is 11.6 Å². The molecule has 0 unspecified atom stereocenters. The first-order valence-corrected chi connectivity index (χ1v) is 14.0. The maximum Gasteiger partial charge on any atom is 0.229 e. The molecule has 1 heterocycles. The topological polar surface area (TPSA) is 66.9 Å². The number of aryl methyl sites for hydroxylation is 3. The van der Waals surface area contributed by atoms with Crippen LogP contribution in [0.5, 0.6) is 0 Å². The molecule has 5 nitrogen and oxygen atoms in total. The summed E-state index contributed by atoms with van der Waals surface area (Å²) in [7, 11) is -2.49. The molecular weight excluding hydrogens is 439 g/mol. The number of benzene rings is 2. The van der Waals surface area contributed by atoms with Gasteiger partial charge in [-0.3, -0.25) is 0 Å². The molecule has 1 aliphatic carbocycles. The molecular formula is C25H30ClN4OP. The Morgan fingerprint density at radius 2 is 1.78 bits per heavy atom. The van der Waals surface area contributed by atoms with Crippen LogP contribution in [0, 0.1) is 12.8 Å². The molecule has 0 saturated carbocycles. The van der Waals surface area contributed by atoms with Crippen molar-refractivity contribution in [1.29, 1.82) is 0 Å². The summed E-state index contributed by atoms with van der Waals surface area (Å²) >= 11 is 6.39. The largest absolute Gasteiger partial charge is 0.338 e. The van der Waals surface area contributed by atoms with Gasteiger partial charge in [-0.05, 0) is 87.2 Å². The van der Waals surface area contributed by atoms with Crippen LogP contribution in [0.3, 0.4) is 0 Å². The first-order valence-electron chi connectivity index (χ1n) is 11.0. The minimum Gasteiger partial charge on any atom is -0.338 e. The van der Waals surface area contributed by atoms with Crippen molar-refractivity contribution < 1.29 is 4.57 Å². The van der Waals surface area contributed by atoms with Crippen molar-refractivity contribution in [2.75, 3.05) is 24.0 Å². The maximum atomic E-state index is 12.8. The van der Waals surface area contributed by atoms with E-state index < -0.39 is 7.14 Å². The molecule has 2 aromatic carbocycles. The molecule has 0 saturated heterocycles. The van der Waals surface area contributed by atoms with Crippen molar-refractivity contribution in [3.05, 3.63) is 64.3 Å². The first kappa shape index (κ1) is 22.8. The Labute approximate surface area is 195 Å². The molecule has 0 fully saturated rings. The second-order valence-corrected chi connectivity index (χ2v) is 12.8. The van der Waals surface area contributed by atoms with Gasteiger partial charge < -0.3 is 15.2 Å². The van der Waals surface area contributed by atoms with E-state index >= 15 is 0 Å². The fourth-order valence-electron chi connectivity index (χ4n) is 4.09. The zero-order chi connectivity index (χ0) is 22.9. The van der Waals surface area contributed by atoms with Crippen molar-refractivity contribution >= 4 is 47.2 Å². The highest BCUT2D eigenvalue weighted by Crippen LogP contribution is 2.39. The molecule has 0 amide bonds. The molecule has 4 rings (SSSR count). The van der Waals surface area contributed by atoms with Gasteiger partial charge in [0.2, 0.25) is 5.95 Å². The number of nitrogens with zero attached hydrogens (tertiary/aromatic N) is 2. The Kier molecular flexibility index (Phi) is 6.60. The van der Waals surface area contributed by atoms with Crippen LogP contribution in [0.25, 0.3) is 0 Å². The number of hydrogen-bond acceptors (Lipinski definition) is 5. The lowest BCUT2D eigenvalue weighted by Gasteiger charge is -2.17. The second-order valence-electron chi connectivity index (χ2n) is 9.18. The molecule has 1 aromatic heterocycles. The van der Waals surface area contributed by atoms with E-state index in [9.17, 15) is 4.57 Å². The van der Waals surface area contributed by atoms with Gasteiger partial charge in [-0.15, -0.1) is 0 Å². The van der Waals surface area contributed by atoms with Crippen LogP contribution in [0.4, 0.5) is 23.1 Å². The standard InChI is InChI=1S/C25H30ClN4OP/c1-16-5-8-18-10-11-20(14-19(18)9-6-16)28-25-27-15-21(26)24(30-25)29-22-12-7-17(2)13-23(22)32(3,4)31/h7,10-16H,5-6,8-9H2,1-4H3,(H2,27,28,29,30)/t16-/m1/s1. The second kappa shape index (κ2) is 9.25. The number of anilines is 4. The third kappa shape index (κ3) is 5.33. The average Bonchev–Trinajstić information content (AvgIpc) is 2.92. The van der Waals surface area contributed by atoms with E-state index in [-0.39, 0.29) is 0 Å². The van der Waals surface area contributed by atoms with Gasteiger partial charge in [-0.1, -0.05) is 36.2 Å². The van der Waals surface area contributed by atoms with Crippen LogP contribution in [-0.4, -0.2) is 23.3 Å². The number of aromatic nitrogens is 2. The van der Waals surface area contributed by atoms with E-state index in [1.165, 1.54) is 24.0 Å². The number of nitrogens with one attached hydrogen (secondary N) is 2. The first-order chi connectivity index (χ1) is 15.2. The van der Waals surface area contributed by atoms with Gasteiger partial charge in [-0.2, -0.15) is 4.98 Å². The molecule has 1 atom stereocenters. The SMILES string of the molecule is Cc1ccc(Nc2nc(Nc3ccc4c(c3)CC[C@H](C)CC4)ncc2Cl)c(P(C)(C)=O)c1. The van der Waals surface area contributed by atoms with Crippen molar-refractivity contribution in [3.63, 3.8) is 0 Å². The average molecular weight is 469 g/mol. The molecule has 0 spiro atoms. The van der Waals surface area contributed by atoms with E-state index in [2.05, 4.69) is 45.7 Å². The summed E-state index contributed by atoms with van der Waals surface area (Å²) < 4.78 is 12.8. The Morgan fingerprint density at radius 3 is 2.53 bits per heavy atom. The van der Waals surface area contributed by atoms with Gasteiger partial charge in [0.25, 0.3) is 0 Å². The van der Waals surface area contributed by atoms with Crippen LogP contribution in [0.15, 0.2) is 42.6 Å². The van der Waals surface area contributed by atoms with Crippen LogP contribution in [-0.2, 0) is 17.4 Å². The van der Waals surface area contributed by atoms with E-state index in [0.29, 0.717) is 16.8 Å². The number of rotatable bonds is 5. The molecule has 0 radical (unpaired) electrons. The lowest BCUT2D eigenvalue weighted by atomic mass is 10.0. The summed E-state index contributed by atoms with van der Waals surface area (Å²) in [5.41, 5.74) is 5.61. The smallest absolute Gasteiger partial charge is 0.229 e. The Morgan fingerprint density at radius 1 is 1.03 bits per heavy atom. The predicted molar refractivity (Wildman–Crippen MR) is 136 cm³/mol. The van der Waals surface area contributed by atoms with Crippen molar-refractivity contribution in [2.24, 2.45) is 5.92 Å².